The van der Waals surface area contributed by atoms with Crippen molar-refractivity contribution < 1.29 is 0 Å². The normalized spacial score (nSPS) is 22.4. The van der Waals surface area contributed by atoms with Crippen molar-refractivity contribution in [2.75, 3.05) is 11.9 Å². The van der Waals surface area contributed by atoms with Crippen LogP contribution in [0.1, 0.15) is 106 Å². The smallest absolute Gasteiger partial charge is 0.133 e. The van der Waals surface area contributed by atoms with Crippen LogP contribution in [-0.4, -0.2) is 18.0 Å². The second kappa shape index (κ2) is 12.1. The molecule has 4 aliphatic rings. The Morgan fingerprint density at radius 3 is 2.30 bits per heavy atom. The van der Waals surface area contributed by atoms with Crippen LogP contribution in [-0.2, 0) is 5.41 Å². The van der Waals surface area contributed by atoms with E-state index in [0.29, 0.717) is 12.0 Å². The summed E-state index contributed by atoms with van der Waals surface area (Å²) in [6.45, 7) is 16.2. The van der Waals surface area contributed by atoms with Gasteiger partial charge in [-0.25, -0.2) is 0 Å². The minimum Gasteiger partial charge on any atom is -0.385 e. The molecule has 3 aromatic carbocycles. The van der Waals surface area contributed by atoms with E-state index in [-0.39, 0.29) is 11.6 Å². The third kappa shape index (κ3) is 5.48. The number of hydrogen-bond donors (Lipinski definition) is 1. The van der Waals surface area contributed by atoms with Crippen molar-refractivity contribution in [1.82, 2.24) is 10.2 Å². The number of nitrogens with zero attached hydrogens (tertiary/aromatic N) is 2. The summed E-state index contributed by atoms with van der Waals surface area (Å²) in [6.07, 6.45) is 18.4. The number of nitrogens with one attached hydrogen (secondary N) is 1. The summed E-state index contributed by atoms with van der Waals surface area (Å²) in [5, 5.41) is 3.68. The maximum absolute atomic E-state index is 3.68. The van der Waals surface area contributed by atoms with Gasteiger partial charge in [-0.1, -0.05) is 93.6 Å². The highest BCUT2D eigenvalue weighted by Crippen LogP contribution is 2.53. The lowest BCUT2D eigenvalue weighted by molar-refractivity contribution is 0.330. The first-order valence-corrected chi connectivity index (χ1v) is 17.6. The van der Waals surface area contributed by atoms with Crippen molar-refractivity contribution in [1.29, 1.82) is 0 Å². The average Bonchev–Trinajstić information content (AvgIpc) is 3.55. The molecule has 0 saturated heterocycles. The number of allylic oxidation sites excluding steroid dienone is 8. The van der Waals surface area contributed by atoms with Gasteiger partial charge in [0.1, 0.15) is 6.17 Å². The highest BCUT2D eigenvalue weighted by Gasteiger charge is 2.42. The van der Waals surface area contributed by atoms with Gasteiger partial charge in [-0.3, -0.25) is 0 Å². The van der Waals surface area contributed by atoms with Crippen molar-refractivity contribution in [3.63, 3.8) is 0 Å². The van der Waals surface area contributed by atoms with Gasteiger partial charge >= 0.3 is 0 Å². The summed E-state index contributed by atoms with van der Waals surface area (Å²) in [5.74, 6) is 0.359. The summed E-state index contributed by atoms with van der Waals surface area (Å²) in [4.78, 5) is 5.32. The quantitative estimate of drug-likeness (QED) is 0.306. The molecular formula is C44H51N3. The minimum absolute atomic E-state index is 0.0113. The monoisotopic (exact) mass is 621 g/mol. The summed E-state index contributed by atoms with van der Waals surface area (Å²) >= 11 is 0. The Bertz CT molecular complexity index is 1860. The van der Waals surface area contributed by atoms with Crippen LogP contribution in [0.15, 0.2) is 108 Å². The van der Waals surface area contributed by atoms with E-state index in [1.807, 2.05) is 0 Å². The first-order valence-electron chi connectivity index (χ1n) is 17.6. The van der Waals surface area contributed by atoms with Crippen LogP contribution in [0, 0.1) is 13.8 Å². The van der Waals surface area contributed by atoms with Crippen LogP contribution < -0.4 is 10.2 Å². The maximum Gasteiger partial charge on any atom is 0.133 e. The van der Waals surface area contributed by atoms with E-state index < -0.39 is 0 Å². The highest BCUT2D eigenvalue weighted by molar-refractivity contribution is 5.92. The van der Waals surface area contributed by atoms with Crippen LogP contribution in [0.5, 0.6) is 0 Å². The number of anilines is 1. The fourth-order valence-electron chi connectivity index (χ4n) is 8.38. The van der Waals surface area contributed by atoms with Gasteiger partial charge in [0.15, 0.2) is 0 Å². The van der Waals surface area contributed by atoms with Crippen molar-refractivity contribution in [2.45, 2.75) is 97.7 Å². The predicted molar refractivity (Wildman–Crippen MR) is 200 cm³/mol. The second-order valence-corrected chi connectivity index (χ2v) is 15.1. The van der Waals surface area contributed by atoms with E-state index >= 15 is 0 Å². The van der Waals surface area contributed by atoms with Gasteiger partial charge in [-0.05, 0) is 110 Å². The van der Waals surface area contributed by atoms with Crippen molar-refractivity contribution in [3.05, 3.63) is 142 Å². The molecule has 3 nitrogen and oxygen atoms in total. The summed E-state index contributed by atoms with van der Waals surface area (Å²) < 4.78 is 0. The number of benzene rings is 3. The molecule has 7 rings (SSSR count). The van der Waals surface area contributed by atoms with Crippen molar-refractivity contribution in [2.24, 2.45) is 0 Å². The Morgan fingerprint density at radius 1 is 0.872 bits per heavy atom. The Balaban J connectivity index is 1.54. The molecule has 0 bridgehead atoms. The van der Waals surface area contributed by atoms with E-state index in [9.17, 15) is 0 Å². The molecule has 3 aromatic rings. The molecule has 0 radical (unpaired) electrons. The van der Waals surface area contributed by atoms with Crippen molar-refractivity contribution in [3.8, 4) is 11.1 Å². The Hall–Kier alpha value is -4.24. The first-order chi connectivity index (χ1) is 22.5. The summed E-state index contributed by atoms with van der Waals surface area (Å²) in [5.41, 5.74) is 17.8. The molecule has 3 atom stereocenters. The molecule has 47 heavy (non-hydrogen) atoms. The Kier molecular flexibility index (Phi) is 8.07. The molecule has 0 fully saturated rings. The molecule has 3 heteroatoms. The van der Waals surface area contributed by atoms with E-state index in [4.69, 9.17) is 0 Å². The van der Waals surface area contributed by atoms with Gasteiger partial charge in [0.05, 0.1) is 11.4 Å². The zero-order valence-electron chi connectivity index (χ0n) is 29.6. The SMILES string of the molecule is CC1=CC(c2ccc(C)c(C3N(C)C4=C(C=CCC4)N3c3c(C4=CC=CCC4)cc(C(C)(C)C)cc3-c3ccccc3)c2C)[C@@H](C)N1. The van der Waals surface area contributed by atoms with Crippen LogP contribution >= 0.6 is 0 Å². The summed E-state index contributed by atoms with van der Waals surface area (Å²) in [7, 11) is 2.34. The van der Waals surface area contributed by atoms with Crippen LogP contribution in [0.2, 0.25) is 0 Å². The predicted octanol–water partition coefficient (Wildman–Crippen LogP) is 11.0. The van der Waals surface area contributed by atoms with E-state index in [2.05, 4.69) is 162 Å². The fourth-order valence-corrected chi connectivity index (χ4v) is 8.38. The second-order valence-electron chi connectivity index (χ2n) is 15.1. The molecule has 0 aromatic heterocycles. The van der Waals surface area contributed by atoms with Crippen molar-refractivity contribution >= 4 is 11.3 Å². The average molecular weight is 622 g/mol. The zero-order valence-corrected chi connectivity index (χ0v) is 29.6. The first kappa shape index (κ1) is 31.4. The third-order valence-corrected chi connectivity index (χ3v) is 10.9. The van der Waals surface area contributed by atoms with Crippen LogP contribution in [0.4, 0.5) is 5.69 Å². The molecule has 2 aliphatic heterocycles. The van der Waals surface area contributed by atoms with E-state index in [1.54, 1.807) is 0 Å². The number of aryl methyl sites for hydroxylation is 1. The van der Waals surface area contributed by atoms with Gasteiger partial charge in [0, 0.05) is 47.1 Å². The van der Waals surface area contributed by atoms with Gasteiger partial charge in [-0.15, -0.1) is 0 Å². The molecule has 1 N–H and O–H groups in total. The van der Waals surface area contributed by atoms with Crippen LogP contribution in [0.3, 0.4) is 0 Å². The van der Waals surface area contributed by atoms with Gasteiger partial charge in [-0.2, -0.15) is 0 Å². The lowest BCUT2D eigenvalue weighted by atomic mass is 9.80. The minimum atomic E-state index is 0.0113. The Morgan fingerprint density at radius 2 is 1.62 bits per heavy atom. The number of rotatable bonds is 5. The van der Waals surface area contributed by atoms with Gasteiger partial charge in [0.25, 0.3) is 0 Å². The maximum atomic E-state index is 3.68. The molecule has 2 aliphatic carbocycles. The molecule has 0 spiro atoms. The van der Waals surface area contributed by atoms with Gasteiger partial charge in [0.2, 0.25) is 0 Å². The lowest BCUT2D eigenvalue weighted by Gasteiger charge is -2.39. The third-order valence-electron chi connectivity index (χ3n) is 10.9. The summed E-state index contributed by atoms with van der Waals surface area (Å²) in [6, 6.07) is 21.3. The highest BCUT2D eigenvalue weighted by atomic mass is 15.4. The van der Waals surface area contributed by atoms with Crippen LogP contribution in [0.25, 0.3) is 16.7 Å². The standard InChI is InChI=1S/C44H51N3/c1-28-23-24-35(36-25-29(2)45-31(36)4)30(3)41(28)43-46(8)39-21-15-16-22-40(39)47(43)42-37(32-17-11-9-12-18-32)26-34(44(5,6)7)27-38(42)33-19-13-10-14-20-33/h9-13,16-19,22-27,31,36,43,45H,14-15,20-21H2,1-8H3/t31-,36?,43?/m1/s1. The zero-order chi connectivity index (χ0) is 33.0. The lowest BCUT2D eigenvalue weighted by Crippen LogP contribution is -2.33. The topological polar surface area (TPSA) is 18.5 Å². The largest absolute Gasteiger partial charge is 0.385 e. The Labute approximate surface area is 283 Å². The molecule has 0 amide bonds. The molecule has 2 heterocycles. The fraction of sp³-hybridized carbons (Fsp3) is 0.364. The molecule has 2 unspecified atom stereocenters. The van der Waals surface area contributed by atoms with E-state index in [0.717, 1.165) is 25.7 Å². The van der Waals surface area contributed by atoms with Gasteiger partial charge < -0.3 is 15.1 Å². The number of hydrogen-bond acceptors (Lipinski definition) is 3. The molecule has 242 valence electrons. The molecular weight excluding hydrogens is 571 g/mol. The molecule has 0 saturated carbocycles. The van der Waals surface area contributed by atoms with E-state index in [1.165, 1.54) is 72.9 Å².